The molecule has 6 heteroatoms. The van der Waals surface area contributed by atoms with Gasteiger partial charge in [-0.05, 0) is 30.7 Å². The van der Waals surface area contributed by atoms with Crippen LogP contribution in [0.25, 0.3) is 0 Å². The summed E-state index contributed by atoms with van der Waals surface area (Å²) >= 11 is 5.93. The third-order valence-electron chi connectivity index (χ3n) is 3.03. The molecule has 1 aromatic rings. The van der Waals surface area contributed by atoms with E-state index in [0.29, 0.717) is 30.4 Å². The second-order valence-electron chi connectivity index (χ2n) is 4.78. The van der Waals surface area contributed by atoms with Gasteiger partial charge in [-0.25, -0.2) is 0 Å². The summed E-state index contributed by atoms with van der Waals surface area (Å²) in [6, 6.07) is 5.34. The monoisotopic (exact) mass is 304 g/mol. The van der Waals surface area contributed by atoms with Gasteiger partial charge in [0.15, 0.2) is 0 Å². The van der Waals surface area contributed by atoms with Gasteiger partial charge in [0.2, 0.25) is 0 Å². The van der Waals surface area contributed by atoms with Gasteiger partial charge in [0, 0.05) is 5.02 Å². The maximum absolute atomic E-state index is 9.92. The van der Waals surface area contributed by atoms with Crippen molar-refractivity contribution in [3.05, 3.63) is 28.8 Å². The minimum atomic E-state index is -0.654. The number of benzene rings is 1. The summed E-state index contributed by atoms with van der Waals surface area (Å²) in [4.78, 5) is 0.943. The van der Waals surface area contributed by atoms with E-state index in [0.717, 1.165) is 10.5 Å². The lowest BCUT2D eigenvalue weighted by Crippen LogP contribution is -3.14. The number of quaternary nitrogens is 1. The molecule has 0 aromatic heterocycles. The van der Waals surface area contributed by atoms with Crippen molar-refractivity contribution in [3.8, 4) is 5.75 Å². The first-order chi connectivity index (χ1) is 9.56. The average Bonchev–Trinajstić information content (AvgIpc) is 2.41. The quantitative estimate of drug-likeness (QED) is 0.485. The van der Waals surface area contributed by atoms with Crippen LogP contribution in [0.1, 0.15) is 5.56 Å². The highest BCUT2D eigenvalue weighted by atomic mass is 35.5. The van der Waals surface area contributed by atoms with Crippen LogP contribution in [0.4, 0.5) is 0 Å². The van der Waals surface area contributed by atoms with E-state index in [2.05, 4.69) is 0 Å². The number of hydrogen-bond donors (Lipinski definition) is 4. The lowest BCUT2D eigenvalue weighted by Gasteiger charge is -2.21. The highest BCUT2D eigenvalue weighted by molar-refractivity contribution is 6.31. The van der Waals surface area contributed by atoms with Crippen molar-refractivity contribution < 1.29 is 25.0 Å². The third kappa shape index (κ3) is 6.07. The van der Waals surface area contributed by atoms with Gasteiger partial charge in [-0.1, -0.05) is 11.6 Å². The first-order valence-electron chi connectivity index (χ1n) is 6.69. The maximum Gasteiger partial charge on any atom is 0.137 e. The van der Waals surface area contributed by atoms with Crippen LogP contribution in [-0.4, -0.2) is 60.9 Å². The number of hydrogen-bond acceptors (Lipinski definition) is 4. The van der Waals surface area contributed by atoms with Crippen molar-refractivity contribution >= 4 is 11.6 Å². The molecule has 1 atom stereocenters. The predicted molar refractivity (Wildman–Crippen MR) is 77.4 cm³/mol. The Kier molecular flexibility index (Phi) is 7.87. The van der Waals surface area contributed by atoms with Crippen molar-refractivity contribution in [2.75, 3.05) is 39.5 Å². The van der Waals surface area contributed by atoms with E-state index in [1.54, 1.807) is 12.1 Å². The highest BCUT2D eigenvalue weighted by Crippen LogP contribution is 2.20. The van der Waals surface area contributed by atoms with E-state index in [1.807, 2.05) is 13.0 Å². The van der Waals surface area contributed by atoms with Crippen LogP contribution in [0.15, 0.2) is 18.2 Å². The molecule has 5 nitrogen and oxygen atoms in total. The molecule has 0 radical (unpaired) electrons. The minimum absolute atomic E-state index is 0.0271. The number of aliphatic hydroxyl groups excluding tert-OH is 3. The fourth-order valence-corrected chi connectivity index (χ4v) is 2.05. The summed E-state index contributed by atoms with van der Waals surface area (Å²) in [6.45, 7) is 3.53. The van der Waals surface area contributed by atoms with Crippen LogP contribution in [0.2, 0.25) is 5.02 Å². The van der Waals surface area contributed by atoms with Crippen LogP contribution < -0.4 is 9.64 Å². The highest BCUT2D eigenvalue weighted by Gasteiger charge is 2.15. The smallest absolute Gasteiger partial charge is 0.137 e. The van der Waals surface area contributed by atoms with Gasteiger partial charge in [-0.3, -0.25) is 0 Å². The first kappa shape index (κ1) is 17.2. The molecule has 0 aliphatic heterocycles. The van der Waals surface area contributed by atoms with E-state index in [4.69, 9.17) is 26.6 Å². The SMILES string of the molecule is Cc1cc(OC[C@@H](O)C[NH+](CCO)CCO)ccc1Cl. The molecule has 0 bridgehead atoms. The second-order valence-corrected chi connectivity index (χ2v) is 5.18. The Labute approximate surface area is 124 Å². The van der Waals surface area contributed by atoms with Gasteiger partial charge in [0.25, 0.3) is 0 Å². The van der Waals surface area contributed by atoms with E-state index < -0.39 is 6.10 Å². The van der Waals surface area contributed by atoms with E-state index in [9.17, 15) is 5.11 Å². The maximum atomic E-state index is 9.92. The van der Waals surface area contributed by atoms with Gasteiger partial charge in [0.05, 0.1) is 13.2 Å². The molecule has 0 saturated heterocycles. The summed E-state index contributed by atoms with van der Waals surface area (Å²) < 4.78 is 5.51. The summed E-state index contributed by atoms with van der Waals surface area (Å²) in [7, 11) is 0. The summed E-state index contributed by atoms with van der Waals surface area (Å²) in [5.41, 5.74) is 0.923. The van der Waals surface area contributed by atoms with Crippen molar-refractivity contribution in [2.24, 2.45) is 0 Å². The molecule has 20 heavy (non-hydrogen) atoms. The molecule has 0 heterocycles. The number of halogens is 1. The van der Waals surface area contributed by atoms with Crippen molar-refractivity contribution in [2.45, 2.75) is 13.0 Å². The fraction of sp³-hybridized carbons (Fsp3) is 0.571. The number of aliphatic hydroxyl groups is 3. The Bertz CT molecular complexity index is 397. The molecule has 114 valence electrons. The van der Waals surface area contributed by atoms with E-state index in [1.165, 1.54) is 0 Å². The topological polar surface area (TPSA) is 74.4 Å². The van der Waals surface area contributed by atoms with Gasteiger partial charge < -0.3 is 25.0 Å². The van der Waals surface area contributed by atoms with E-state index >= 15 is 0 Å². The lowest BCUT2D eigenvalue weighted by atomic mass is 10.2. The van der Waals surface area contributed by atoms with Gasteiger partial charge in [-0.15, -0.1) is 0 Å². The second kappa shape index (κ2) is 9.15. The Morgan fingerprint density at radius 3 is 2.45 bits per heavy atom. The van der Waals surface area contributed by atoms with Crippen molar-refractivity contribution in [3.63, 3.8) is 0 Å². The molecular formula is C14H23ClNO4+. The standard InChI is InChI=1S/C14H22ClNO4/c1-11-8-13(2-3-14(11)15)20-10-12(19)9-16(4-6-17)5-7-18/h2-3,8,12,17-19H,4-7,9-10H2,1H3/p+1/t12-/m0/s1. The number of rotatable bonds is 9. The molecule has 0 fully saturated rings. The fourth-order valence-electron chi connectivity index (χ4n) is 1.94. The molecule has 0 amide bonds. The third-order valence-corrected chi connectivity index (χ3v) is 3.45. The average molecular weight is 305 g/mol. The Hall–Kier alpha value is -0.850. The molecule has 1 aromatic carbocycles. The van der Waals surface area contributed by atoms with Crippen LogP contribution in [0.3, 0.4) is 0 Å². The molecule has 0 saturated carbocycles. The van der Waals surface area contributed by atoms with Crippen LogP contribution in [-0.2, 0) is 0 Å². The summed E-state index contributed by atoms with van der Waals surface area (Å²) in [6.07, 6.45) is -0.654. The van der Waals surface area contributed by atoms with Crippen LogP contribution in [0.5, 0.6) is 5.75 Å². The number of ether oxygens (including phenoxy) is 1. The Morgan fingerprint density at radius 2 is 1.90 bits per heavy atom. The van der Waals surface area contributed by atoms with Gasteiger partial charge >= 0.3 is 0 Å². The molecule has 0 aliphatic rings. The molecule has 4 N–H and O–H groups in total. The van der Waals surface area contributed by atoms with Crippen molar-refractivity contribution in [1.82, 2.24) is 0 Å². The number of aryl methyl sites for hydroxylation is 1. The number of nitrogens with one attached hydrogen (secondary N) is 1. The molecule has 0 spiro atoms. The zero-order chi connectivity index (χ0) is 15.0. The normalized spacial score (nSPS) is 12.7. The van der Waals surface area contributed by atoms with E-state index in [-0.39, 0.29) is 19.8 Å². The van der Waals surface area contributed by atoms with Gasteiger partial charge in [-0.2, -0.15) is 0 Å². The minimum Gasteiger partial charge on any atom is -0.491 e. The molecule has 1 rings (SSSR count). The summed E-state index contributed by atoms with van der Waals surface area (Å²) in [5, 5.41) is 28.4. The largest absolute Gasteiger partial charge is 0.491 e. The van der Waals surface area contributed by atoms with Gasteiger partial charge in [0.1, 0.15) is 38.1 Å². The van der Waals surface area contributed by atoms with Crippen molar-refractivity contribution in [1.29, 1.82) is 0 Å². The molecule has 0 unspecified atom stereocenters. The summed E-state index contributed by atoms with van der Waals surface area (Å²) in [5.74, 6) is 0.664. The predicted octanol–water partition coefficient (Wildman–Crippen LogP) is -0.742. The molecule has 0 aliphatic carbocycles. The Morgan fingerprint density at radius 1 is 1.25 bits per heavy atom. The zero-order valence-corrected chi connectivity index (χ0v) is 12.4. The Balaban J connectivity index is 2.41. The van der Waals surface area contributed by atoms with Crippen LogP contribution in [0, 0.1) is 6.92 Å². The van der Waals surface area contributed by atoms with Crippen LogP contribution >= 0.6 is 11.6 Å². The first-order valence-corrected chi connectivity index (χ1v) is 7.07. The molecular weight excluding hydrogens is 282 g/mol. The lowest BCUT2D eigenvalue weighted by molar-refractivity contribution is -0.903. The zero-order valence-electron chi connectivity index (χ0n) is 11.7.